The molecule has 0 aromatic carbocycles. The van der Waals surface area contributed by atoms with Gasteiger partial charge in [0.2, 0.25) is 0 Å². The average Bonchev–Trinajstić information content (AvgIpc) is 2.83. The fourth-order valence-electron chi connectivity index (χ4n) is 4.34. The van der Waals surface area contributed by atoms with Gasteiger partial charge in [0.05, 0.1) is 6.10 Å². The third kappa shape index (κ3) is 4.46. The lowest BCUT2D eigenvalue weighted by atomic mass is 9.68. The van der Waals surface area contributed by atoms with Gasteiger partial charge in [-0.1, -0.05) is 33.6 Å². The number of aliphatic hydroxyl groups is 1. The Morgan fingerprint density at radius 2 is 1.65 bits per heavy atom. The Morgan fingerprint density at radius 1 is 1.00 bits per heavy atom. The molecular weight excluding hydrogens is 246 g/mol. The normalized spacial score (nSPS) is 33.0. The maximum absolute atomic E-state index is 10.3. The van der Waals surface area contributed by atoms with E-state index < -0.39 is 0 Å². The van der Waals surface area contributed by atoms with Crippen molar-refractivity contribution in [2.45, 2.75) is 71.8 Å². The molecule has 3 unspecified atom stereocenters. The Morgan fingerprint density at radius 3 is 2.25 bits per heavy atom. The maximum Gasteiger partial charge on any atom is 0.0580 e. The first-order valence-electron chi connectivity index (χ1n) is 8.73. The second kappa shape index (κ2) is 6.79. The van der Waals surface area contributed by atoms with E-state index in [-0.39, 0.29) is 6.10 Å². The summed E-state index contributed by atoms with van der Waals surface area (Å²) in [6.07, 6.45) is 9.04. The van der Waals surface area contributed by atoms with Gasteiger partial charge in [0.25, 0.3) is 0 Å². The summed E-state index contributed by atoms with van der Waals surface area (Å²) in [5, 5.41) is 10.3. The molecule has 0 aromatic rings. The molecule has 1 N–H and O–H groups in total. The minimum atomic E-state index is -0.0698. The van der Waals surface area contributed by atoms with Crippen LogP contribution in [0.15, 0.2) is 0 Å². The van der Waals surface area contributed by atoms with Gasteiger partial charge >= 0.3 is 0 Å². The van der Waals surface area contributed by atoms with E-state index in [2.05, 4.69) is 32.7 Å². The summed E-state index contributed by atoms with van der Waals surface area (Å²) < 4.78 is 0. The van der Waals surface area contributed by atoms with Crippen molar-refractivity contribution in [1.82, 2.24) is 4.90 Å². The van der Waals surface area contributed by atoms with E-state index >= 15 is 0 Å². The van der Waals surface area contributed by atoms with Crippen LogP contribution in [0.25, 0.3) is 0 Å². The zero-order valence-corrected chi connectivity index (χ0v) is 14.1. The molecule has 0 heterocycles. The highest BCUT2D eigenvalue weighted by molar-refractivity contribution is 4.87. The molecule has 0 aromatic heterocycles. The quantitative estimate of drug-likeness (QED) is 0.844. The fourth-order valence-corrected chi connectivity index (χ4v) is 4.34. The number of hydrogen-bond acceptors (Lipinski definition) is 2. The fraction of sp³-hybridized carbons (Fsp3) is 1.00. The van der Waals surface area contributed by atoms with Crippen LogP contribution in [0.2, 0.25) is 0 Å². The van der Waals surface area contributed by atoms with Gasteiger partial charge in [-0.05, 0) is 62.3 Å². The molecule has 0 saturated heterocycles. The highest BCUT2D eigenvalue weighted by Crippen LogP contribution is 2.40. The van der Waals surface area contributed by atoms with Gasteiger partial charge < -0.3 is 10.0 Å². The van der Waals surface area contributed by atoms with Crippen LogP contribution in [0.4, 0.5) is 0 Å². The first kappa shape index (κ1) is 16.3. The molecule has 20 heavy (non-hydrogen) atoms. The minimum absolute atomic E-state index is 0.0698. The Labute approximate surface area is 125 Å². The largest absolute Gasteiger partial charge is 0.393 e. The Bertz CT molecular complexity index is 290. The summed E-state index contributed by atoms with van der Waals surface area (Å²) in [7, 11) is 2.26. The lowest BCUT2D eigenvalue weighted by Gasteiger charge is -2.41. The molecule has 2 fully saturated rings. The molecule has 0 aliphatic heterocycles. The van der Waals surface area contributed by atoms with E-state index in [0.717, 1.165) is 24.8 Å². The summed E-state index contributed by atoms with van der Waals surface area (Å²) in [6.45, 7) is 9.39. The van der Waals surface area contributed by atoms with Crippen LogP contribution in [0.3, 0.4) is 0 Å². The topological polar surface area (TPSA) is 23.5 Å². The predicted molar refractivity (Wildman–Crippen MR) is 85.7 cm³/mol. The monoisotopic (exact) mass is 281 g/mol. The van der Waals surface area contributed by atoms with Gasteiger partial charge in [0.15, 0.2) is 0 Å². The molecule has 2 rings (SSSR count). The van der Waals surface area contributed by atoms with Crippen molar-refractivity contribution in [2.24, 2.45) is 23.2 Å². The summed E-state index contributed by atoms with van der Waals surface area (Å²) in [5.41, 5.74) is 0.391. The molecule has 2 aliphatic rings. The zero-order chi connectivity index (χ0) is 14.8. The van der Waals surface area contributed by atoms with Crippen LogP contribution in [0.5, 0.6) is 0 Å². The number of nitrogens with zero attached hydrogens (tertiary/aromatic N) is 1. The maximum atomic E-state index is 10.3. The van der Waals surface area contributed by atoms with E-state index in [1.807, 2.05) is 0 Å². The van der Waals surface area contributed by atoms with Crippen molar-refractivity contribution in [3.05, 3.63) is 0 Å². The molecule has 0 spiro atoms. The molecule has 2 nitrogen and oxygen atoms in total. The van der Waals surface area contributed by atoms with Gasteiger partial charge in [0, 0.05) is 13.1 Å². The molecule has 2 aliphatic carbocycles. The summed E-state index contributed by atoms with van der Waals surface area (Å²) in [6, 6.07) is 0. The van der Waals surface area contributed by atoms with Gasteiger partial charge in [-0.25, -0.2) is 0 Å². The van der Waals surface area contributed by atoms with Crippen LogP contribution < -0.4 is 0 Å². The summed E-state index contributed by atoms with van der Waals surface area (Å²) >= 11 is 0. The van der Waals surface area contributed by atoms with E-state index in [1.54, 1.807) is 0 Å². The molecule has 118 valence electrons. The first-order chi connectivity index (χ1) is 9.36. The molecule has 0 bridgehead atoms. The SMILES string of the molecule is CN(CC1CCCC1)CC1CC(C(C)(C)C)CCC1O. The summed E-state index contributed by atoms with van der Waals surface area (Å²) in [4.78, 5) is 2.49. The van der Waals surface area contributed by atoms with Crippen LogP contribution in [0.1, 0.15) is 65.7 Å². The number of hydrogen-bond donors (Lipinski definition) is 1. The average molecular weight is 281 g/mol. The second-order valence-electron chi connectivity index (χ2n) is 8.58. The van der Waals surface area contributed by atoms with E-state index in [0.29, 0.717) is 11.3 Å². The van der Waals surface area contributed by atoms with E-state index in [9.17, 15) is 5.11 Å². The lowest BCUT2D eigenvalue weighted by Crippen LogP contribution is -2.41. The second-order valence-corrected chi connectivity index (χ2v) is 8.58. The van der Waals surface area contributed by atoms with E-state index in [4.69, 9.17) is 0 Å². The van der Waals surface area contributed by atoms with Crippen molar-refractivity contribution in [3.63, 3.8) is 0 Å². The van der Waals surface area contributed by atoms with Gasteiger partial charge in [-0.3, -0.25) is 0 Å². The highest BCUT2D eigenvalue weighted by atomic mass is 16.3. The Kier molecular flexibility index (Phi) is 5.53. The van der Waals surface area contributed by atoms with Gasteiger partial charge in [-0.15, -0.1) is 0 Å². The minimum Gasteiger partial charge on any atom is -0.393 e. The Balaban J connectivity index is 1.82. The van der Waals surface area contributed by atoms with Crippen LogP contribution in [0, 0.1) is 23.2 Å². The molecule has 2 heteroatoms. The predicted octanol–water partition coefficient (Wildman–Crippen LogP) is 3.93. The molecule has 3 atom stereocenters. The first-order valence-corrected chi connectivity index (χ1v) is 8.73. The third-order valence-corrected chi connectivity index (χ3v) is 5.76. The van der Waals surface area contributed by atoms with E-state index in [1.165, 1.54) is 45.1 Å². The summed E-state index contributed by atoms with van der Waals surface area (Å²) in [5.74, 6) is 2.18. The lowest BCUT2D eigenvalue weighted by molar-refractivity contribution is 0.00498. The van der Waals surface area contributed by atoms with Crippen molar-refractivity contribution >= 4 is 0 Å². The van der Waals surface area contributed by atoms with Crippen molar-refractivity contribution in [3.8, 4) is 0 Å². The van der Waals surface area contributed by atoms with Crippen molar-refractivity contribution < 1.29 is 5.11 Å². The number of rotatable bonds is 4. The molecular formula is C18H35NO. The van der Waals surface area contributed by atoms with Gasteiger partial charge in [0.1, 0.15) is 0 Å². The van der Waals surface area contributed by atoms with Crippen molar-refractivity contribution in [1.29, 1.82) is 0 Å². The van der Waals surface area contributed by atoms with Crippen LogP contribution >= 0.6 is 0 Å². The van der Waals surface area contributed by atoms with Crippen LogP contribution in [-0.2, 0) is 0 Å². The number of aliphatic hydroxyl groups excluding tert-OH is 1. The Hall–Kier alpha value is -0.0800. The standard InChI is InChI=1S/C18H35NO/c1-18(2,3)16-9-10-17(20)15(11-16)13-19(4)12-14-7-5-6-8-14/h14-17,20H,5-13H2,1-4H3. The van der Waals surface area contributed by atoms with Gasteiger partial charge in [-0.2, -0.15) is 0 Å². The van der Waals surface area contributed by atoms with Crippen molar-refractivity contribution in [2.75, 3.05) is 20.1 Å². The highest BCUT2D eigenvalue weighted by Gasteiger charge is 2.35. The molecule has 0 radical (unpaired) electrons. The molecule has 0 amide bonds. The van der Waals surface area contributed by atoms with Crippen LogP contribution in [-0.4, -0.2) is 36.2 Å². The smallest absolute Gasteiger partial charge is 0.0580 e. The zero-order valence-electron chi connectivity index (χ0n) is 14.1. The third-order valence-electron chi connectivity index (χ3n) is 5.76. The molecule has 2 saturated carbocycles.